The number of aryl methyl sites for hydroxylation is 4. The first-order chi connectivity index (χ1) is 8.90. The molecule has 2 aromatic rings. The minimum absolute atomic E-state index is 0.00870. The summed E-state index contributed by atoms with van der Waals surface area (Å²) in [5.74, 6) is -0.00870. The predicted octanol–water partition coefficient (Wildman–Crippen LogP) is 4.80. The van der Waals surface area contributed by atoms with E-state index in [4.69, 9.17) is 11.6 Å². The van der Waals surface area contributed by atoms with Gasteiger partial charge in [-0.15, -0.1) is 0 Å². The average Bonchev–Trinajstić information content (AvgIpc) is 2.33. The van der Waals surface area contributed by atoms with Crippen LogP contribution in [-0.4, -0.2) is 5.78 Å². The van der Waals surface area contributed by atoms with Crippen LogP contribution in [0, 0.1) is 27.7 Å². The van der Waals surface area contributed by atoms with Gasteiger partial charge in [-0.25, -0.2) is 0 Å². The van der Waals surface area contributed by atoms with Crippen molar-refractivity contribution in [1.29, 1.82) is 0 Å². The fourth-order valence-corrected chi connectivity index (χ4v) is 2.47. The molecule has 0 saturated heterocycles. The largest absolute Gasteiger partial charge is 0.289 e. The molecule has 2 aromatic carbocycles. The Bertz CT molecular complexity index is 657. The lowest BCUT2D eigenvalue weighted by atomic mass is 9.95. The first-order valence-corrected chi connectivity index (χ1v) is 6.66. The van der Waals surface area contributed by atoms with Gasteiger partial charge in [0.15, 0.2) is 5.78 Å². The lowest BCUT2D eigenvalue weighted by Gasteiger charge is -2.10. The van der Waals surface area contributed by atoms with Gasteiger partial charge in [0.1, 0.15) is 0 Å². The van der Waals surface area contributed by atoms with Crippen LogP contribution in [0.4, 0.5) is 0 Å². The van der Waals surface area contributed by atoms with Gasteiger partial charge in [0.25, 0.3) is 0 Å². The zero-order valence-electron chi connectivity index (χ0n) is 11.7. The summed E-state index contributed by atoms with van der Waals surface area (Å²) in [5, 5.41) is 0.521. The van der Waals surface area contributed by atoms with Crippen molar-refractivity contribution >= 4 is 17.4 Å². The van der Waals surface area contributed by atoms with Crippen LogP contribution in [0.2, 0.25) is 5.02 Å². The number of hydrogen-bond donors (Lipinski definition) is 0. The summed E-state index contributed by atoms with van der Waals surface area (Å²) >= 11 is 6.21. The molecule has 0 heterocycles. The Morgan fingerprint density at radius 3 is 2.11 bits per heavy atom. The second kappa shape index (κ2) is 5.18. The van der Waals surface area contributed by atoms with Gasteiger partial charge in [-0.2, -0.15) is 0 Å². The molecular formula is C17H17ClO. The van der Waals surface area contributed by atoms with Crippen LogP contribution >= 0.6 is 11.6 Å². The van der Waals surface area contributed by atoms with E-state index in [-0.39, 0.29) is 5.78 Å². The number of carbonyl (C=O) groups is 1. The van der Waals surface area contributed by atoms with Gasteiger partial charge in [0, 0.05) is 11.1 Å². The Morgan fingerprint density at radius 1 is 0.842 bits per heavy atom. The van der Waals surface area contributed by atoms with Crippen molar-refractivity contribution in [2.45, 2.75) is 27.7 Å². The minimum Gasteiger partial charge on any atom is -0.289 e. The molecule has 0 atom stereocenters. The fraction of sp³-hybridized carbons (Fsp3) is 0.235. The molecule has 0 spiro atoms. The number of ketones is 1. The number of halogens is 1. The highest BCUT2D eigenvalue weighted by molar-refractivity contribution is 6.35. The molecule has 1 nitrogen and oxygen atoms in total. The van der Waals surface area contributed by atoms with Crippen LogP contribution in [0.25, 0.3) is 0 Å². The fourth-order valence-electron chi connectivity index (χ4n) is 2.17. The normalized spacial score (nSPS) is 10.6. The molecule has 2 rings (SSSR count). The van der Waals surface area contributed by atoms with E-state index in [1.54, 1.807) is 0 Å². The van der Waals surface area contributed by atoms with Crippen molar-refractivity contribution in [1.82, 2.24) is 0 Å². The Labute approximate surface area is 119 Å². The summed E-state index contributed by atoms with van der Waals surface area (Å²) in [6.45, 7) is 7.95. The first-order valence-electron chi connectivity index (χ1n) is 6.29. The lowest BCUT2D eigenvalue weighted by Crippen LogP contribution is -2.05. The van der Waals surface area contributed by atoms with E-state index in [9.17, 15) is 4.79 Å². The van der Waals surface area contributed by atoms with Crippen LogP contribution < -0.4 is 0 Å². The molecule has 0 fully saturated rings. The third-order valence-electron chi connectivity index (χ3n) is 3.45. The Hall–Kier alpha value is -1.60. The third-order valence-corrected chi connectivity index (χ3v) is 3.77. The topological polar surface area (TPSA) is 17.1 Å². The molecule has 98 valence electrons. The van der Waals surface area contributed by atoms with Crippen molar-refractivity contribution in [2.24, 2.45) is 0 Å². The van der Waals surface area contributed by atoms with Gasteiger partial charge >= 0.3 is 0 Å². The lowest BCUT2D eigenvalue weighted by molar-refractivity contribution is 0.103. The van der Waals surface area contributed by atoms with E-state index in [0.29, 0.717) is 10.6 Å². The summed E-state index contributed by atoms with van der Waals surface area (Å²) in [6.07, 6.45) is 0. The van der Waals surface area contributed by atoms with Gasteiger partial charge in [0.2, 0.25) is 0 Å². The Kier molecular flexibility index (Phi) is 3.77. The third kappa shape index (κ3) is 2.71. The molecule has 0 aromatic heterocycles. The van der Waals surface area contributed by atoms with E-state index in [2.05, 4.69) is 0 Å². The van der Waals surface area contributed by atoms with E-state index < -0.39 is 0 Å². The highest BCUT2D eigenvalue weighted by Gasteiger charge is 2.16. The van der Waals surface area contributed by atoms with Crippen molar-refractivity contribution in [3.63, 3.8) is 0 Å². The molecule has 2 heteroatoms. The van der Waals surface area contributed by atoms with E-state index in [1.165, 1.54) is 0 Å². The van der Waals surface area contributed by atoms with Crippen molar-refractivity contribution < 1.29 is 4.79 Å². The van der Waals surface area contributed by atoms with Crippen LogP contribution in [0.5, 0.6) is 0 Å². The molecule has 0 aliphatic rings. The molecule has 0 saturated carbocycles. The average molecular weight is 273 g/mol. The second-order valence-electron chi connectivity index (χ2n) is 5.06. The summed E-state index contributed by atoms with van der Waals surface area (Å²) in [4.78, 5) is 12.6. The molecule has 19 heavy (non-hydrogen) atoms. The van der Waals surface area contributed by atoms with Crippen molar-refractivity contribution in [3.05, 3.63) is 68.7 Å². The summed E-state index contributed by atoms with van der Waals surface area (Å²) in [5.41, 5.74) is 5.62. The highest BCUT2D eigenvalue weighted by Crippen LogP contribution is 2.25. The Morgan fingerprint density at radius 2 is 1.47 bits per heavy atom. The van der Waals surface area contributed by atoms with Crippen molar-refractivity contribution in [3.8, 4) is 0 Å². The quantitative estimate of drug-likeness (QED) is 0.718. The molecule has 0 amide bonds. The van der Waals surface area contributed by atoms with Gasteiger partial charge in [-0.1, -0.05) is 35.4 Å². The van der Waals surface area contributed by atoms with E-state index in [1.807, 2.05) is 58.0 Å². The molecule has 0 aliphatic heterocycles. The van der Waals surface area contributed by atoms with Gasteiger partial charge in [-0.05, 0) is 56.5 Å². The van der Waals surface area contributed by atoms with Gasteiger partial charge < -0.3 is 0 Å². The maximum absolute atomic E-state index is 12.6. The molecule has 0 aliphatic carbocycles. The minimum atomic E-state index is -0.00870. The van der Waals surface area contributed by atoms with Crippen molar-refractivity contribution in [2.75, 3.05) is 0 Å². The number of benzene rings is 2. The molecule has 0 bridgehead atoms. The van der Waals surface area contributed by atoms with Crippen LogP contribution in [-0.2, 0) is 0 Å². The van der Waals surface area contributed by atoms with Crippen LogP contribution in [0.3, 0.4) is 0 Å². The standard InChI is InChI=1S/C17H17ClO/c1-10-5-6-14(13(4)7-10)17(19)15-8-11(2)12(3)9-16(15)18/h5-9H,1-4H3. The number of carbonyl (C=O) groups excluding carboxylic acids is 1. The smallest absolute Gasteiger partial charge is 0.194 e. The summed E-state index contributed by atoms with van der Waals surface area (Å²) < 4.78 is 0. The highest BCUT2D eigenvalue weighted by atomic mass is 35.5. The zero-order valence-corrected chi connectivity index (χ0v) is 12.4. The SMILES string of the molecule is Cc1ccc(C(=O)c2cc(C)c(C)cc2Cl)c(C)c1. The second-order valence-corrected chi connectivity index (χ2v) is 5.47. The van der Waals surface area contributed by atoms with Crippen LogP contribution in [0.15, 0.2) is 30.3 Å². The Balaban J connectivity index is 2.53. The number of rotatable bonds is 2. The predicted molar refractivity (Wildman–Crippen MR) is 80.3 cm³/mol. The van der Waals surface area contributed by atoms with Crippen LogP contribution in [0.1, 0.15) is 38.2 Å². The van der Waals surface area contributed by atoms with E-state index >= 15 is 0 Å². The van der Waals surface area contributed by atoms with Gasteiger partial charge in [0.05, 0.1) is 5.02 Å². The van der Waals surface area contributed by atoms with Gasteiger partial charge in [-0.3, -0.25) is 4.79 Å². The number of hydrogen-bond acceptors (Lipinski definition) is 1. The molecule has 0 unspecified atom stereocenters. The first kappa shape index (κ1) is 13.8. The summed E-state index contributed by atoms with van der Waals surface area (Å²) in [7, 11) is 0. The zero-order chi connectivity index (χ0) is 14.2. The molecular weight excluding hydrogens is 256 g/mol. The maximum Gasteiger partial charge on any atom is 0.194 e. The maximum atomic E-state index is 12.6. The van der Waals surface area contributed by atoms with E-state index in [0.717, 1.165) is 27.8 Å². The monoisotopic (exact) mass is 272 g/mol. The summed E-state index contributed by atoms with van der Waals surface area (Å²) in [6, 6.07) is 9.57. The molecule has 0 N–H and O–H groups in total. The molecule has 0 radical (unpaired) electrons.